The Kier molecular flexibility index (Phi) is 7.23. The van der Waals surface area contributed by atoms with E-state index in [1.54, 1.807) is 20.2 Å². The van der Waals surface area contributed by atoms with E-state index in [-0.39, 0.29) is 18.5 Å². The van der Waals surface area contributed by atoms with Crippen LogP contribution in [-0.2, 0) is 11.3 Å². The lowest BCUT2D eigenvalue weighted by Crippen LogP contribution is -2.28. The lowest BCUT2D eigenvalue weighted by molar-refractivity contribution is -0.130. The number of benzene rings is 2. The van der Waals surface area contributed by atoms with Crippen LogP contribution in [0.1, 0.15) is 30.9 Å². The minimum absolute atomic E-state index is 0.0173. The van der Waals surface area contributed by atoms with E-state index in [4.69, 9.17) is 4.74 Å². The average Bonchev–Trinajstić information content (AvgIpc) is 2.65. The van der Waals surface area contributed by atoms with E-state index in [9.17, 15) is 9.59 Å². The molecule has 0 radical (unpaired) electrons. The quantitative estimate of drug-likeness (QED) is 0.783. The second-order valence-electron chi connectivity index (χ2n) is 6.81. The van der Waals surface area contributed by atoms with Gasteiger partial charge in [-0.05, 0) is 41.3 Å². The third-order valence-electron chi connectivity index (χ3n) is 4.02. The van der Waals surface area contributed by atoms with Gasteiger partial charge in [-0.15, -0.1) is 0 Å². The number of carbonyl (C=O) groups excluding carboxylic acids is 2. The number of anilines is 1. The van der Waals surface area contributed by atoms with Gasteiger partial charge in [-0.3, -0.25) is 4.79 Å². The Labute approximate surface area is 160 Å². The molecule has 0 atom stereocenters. The first-order valence-corrected chi connectivity index (χ1v) is 8.92. The second-order valence-corrected chi connectivity index (χ2v) is 6.81. The maximum Gasteiger partial charge on any atom is 0.319 e. The van der Waals surface area contributed by atoms with Crippen molar-refractivity contribution in [2.24, 2.45) is 0 Å². The number of amides is 3. The van der Waals surface area contributed by atoms with Crippen LogP contribution in [0.4, 0.5) is 10.5 Å². The standard InChI is InChI=1S/C21H27N3O3/c1-15(2)17-8-6-9-18(12-17)23-21(26)22-13-16-7-5-10-19(11-16)27-14-20(25)24(3)4/h5-12,15H,13-14H2,1-4H3,(H2,22,23,26). The number of hydrogen-bond donors (Lipinski definition) is 2. The van der Waals surface area contributed by atoms with Crippen molar-refractivity contribution in [1.82, 2.24) is 10.2 Å². The molecule has 2 aromatic carbocycles. The topological polar surface area (TPSA) is 70.7 Å². The smallest absolute Gasteiger partial charge is 0.319 e. The molecule has 2 rings (SSSR count). The molecule has 0 saturated heterocycles. The molecule has 0 saturated carbocycles. The van der Waals surface area contributed by atoms with Gasteiger partial charge in [0, 0.05) is 26.3 Å². The minimum Gasteiger partial charge on any atom is -0.484 e. The first-order valence-electron chi connectivity index (χ1n) is 8.92. The molecule has 0 aliphatic heterocycles. The molecule has 2 N–H and O–H groups in total. The van der Waals surface area contributed by atoms with Crippen LogP contribution in [-0.4, -0.2) is 37.5 Å². The molecule has 6 nitrogen and oxygen atoms in total. The van der Waals surface area contributed by atoms with Gasteiger partial charge in [0.25, 0.3) is 5.91 Å². The Hall–Kier alpha value is -3.02. The summed E-state index contributed by atoms with van der Waals surface area (Å²) in [7, 11) is 3.36. The molecule has 144 valence electrons. The summed E-state index contributed by atoms with van der Waals surface area (Å²) in [5, 5.41) is 5.67. The van der Waals surface area contributed by atoms with E-state index in [0.717, 1.165) is 11.3 Å². The molecular weight excluding hydrogens is 342 g/mol. The molecule has 0 spiro atoms. The van der Waals surface area contributed by atoms with Crippen molar-refractivity contribution in [2.45, 2.75) is 26.3 Å². The number of likely N-dealkylation sites (N-methyl/N-ethyl adjacent to an activating group) is 1. The van der Waals surface area contributed by atoms with Crippen LogP contribution in [0, 0.1) is 0 Å². The van der Waals surface area contributed by atoms with E-state index in [0.29, 0.717) is 18.2 Å². The third kappa shape index (κ3) is 6.66. The van der Waals surface area contributed by atoms with E-state index in [1.165, 1.54) is 10.5 Å². The number of nitrogens with one attached hydrogen (secondary N) is 2. The van der Waals surface area contributed by atoms with Crippen LogP contribution in [0.25, 0.3) is 0 Å². The van der Waals surface area contributed by atoms with Crippen molar-refractivity contribution >= 4 is 17.6 Å². The predicted molar refractivity (Wildman–Crippen MR) is 107 cm³/mol. The summed E-state index contributed by atoms with van der Waals surface area (Å²) in [6.45, 7) is 4.56. The second kappa shape index (κ2) is 9.62. The summed E-state index contributed by atoms with van der Waals surface area (Å²) in [6, 6.07) is 14.8. The van der Waals surface area contributed by atoms with Crippen LogP contribution in [0.2, 0.25) is 0 Å². The van der Waals surface area contributed by atoms with Crippen LogP contribution in [0.15, 0.2) is 48.5 Å². The third-order valence-corrected chi connectivity index (χ3v) is 4.02. The van der Waals surface area contributed by atoms with Gasteiger partial charge in [0.05, 0.1) is 0 Å². The molecule has 27 heavy (non-hydrogen) atoms. The van der Waals surface area contributed by atoms with Gasteiger partial charge in [-0.1, -0.05) is 38.1 Å². The van der Waals surface area contributed by atoms with E-state index in [1.807, 2.05) is 42.5 Å². The van der Waals surface area contributed by atoms with E-state index < -0.39 is 0 Å². The number of ether oxygens (including phenoxy) is 1. The van der Waals surface area contributed by atoms with Gasteiger partial charge in [-0.2, -0.15) is 0 Å². The minimum atomic E-state index is -0.273. The fourth-order valence-electron chi connectivity index (χ4n) is 2.35. The van der Waals surface area contributed by atoms with Crippen molar-refractivity contribution in [3.8, 4) is 5.75 Å². The Morgan fingerprint density at radius 1 is 1.07 bits per heavy atom. The summed E-state index contributed by atoms with van der Waals surface area (Å²) in [5.41, 5.74) is 2.82. The van der Waals surface area contributed by atoms with Gasteiger partial charge in [0.1, 0.15) is 5.75 Å². The largest absolute Gasteiger partial charge is 0.484 e. The van der Waals surface area contributed by atoms with Gasteiger partial charge >= 0.3 is 6.03 Å². The highest BCUT2D eigenvalue weighted by Crippen LogP contribution is 2.18. The normalized spacial score (nSPS) is 10.4. The van der Waals surface area contributed by atoms with Crippen molar-refractivity contribution in [3.63, 3.8) is 0 Å². The lowest BCUT2D eigenvalue weighted by atomic mass is 10.0. The monoisotopic (exact) mass is 369 g/mol. The zero-order valence-corrected chi connectivity index (χ0v) is 16.3. The highest BCUT2D eigenvalue weighted by atomic mass is 16.5. The molecular formula is C21H27N3O3. The Balaban J connectivity index is 1.87. The summed E-state index contributed by atoms with van der Waals surface area (Å²) in [6.07, 6.45) is 0. The SMILES string of the molecule is CC(C)c1cccc(NC(=O)NCc2cccc(OCC(=O)N(C)C)c2)c1. The van der Waals surface area contributed by atoms with Gasteiger partial charge < -0.3 is 20.3 Å². The van der Waals surface area contributed by atoms with Crippen LogP contribution < -0.4 is 15.4 Å². The number of rotatable bonds is 7. The van der Waals surface area contributed by atoms with Gasteiger partial charge in [0.15, 0.2) is 6.61 Å². The molecule has 2 aromatic rings. The highest BCUT2D eigenvalue weighted by molar-refractivity contribution is 5.89. The summed E-state index contributed by atoms with van der Waals surface area (Å²) >= 11 is 0. The molecule has 0 aromatic heterocycles. The lowest BCUT2D eigenvalue weighted by Gasteiger charge is -2.13. The maximum atomic E-state index is 12.1. The first kappa shape index (κ1) is 20.3. The molecule has 0 fully saturated rings. The van der Waals surface area contributed by atoms with Crippen molar-refractivity contribution in [2.75, 3.05) is 26.0 Å². The molecule has 0 aliphatic rings. The van der Waals surface area contributed by atoms with Gasteiger partial charge in [-0.25, -0.2) is 4.79 Å². The zero-order chi connectivity index (χ0) is 19.8. The van der Waals surface area contributed by atoms with Gasteiger partial charge in [0.2, 0.25) is 0 Å². The van der Waals surface area contributed by atoms with E-state index >= 15 is 0 Å². The Bertz CT molecular complexity index is 788. The first-order chi connectivity index (χ1) is 12.8. The van der Waals surface area contributed by atoms with Crippen molar-refractivity contribution in [1.29, 1.82) is 0 Å². The molecule has 0 aliphatic carbocycles. The summed E-state index contributed by atoms with van der Waals surface area (Å²) in [5.74, 6) is 0.882. The number of hydrogen-bond acceptors (Lipinski definition) is 3. The zero-order valence-electron chi connectivity index (χ0n) is 16.3. The maximum absolute atomic E-state index is 12.1. The molecule has 3 amide bonds. The summed E-state index contributed by atoms with van der Waals surface area (Å²) < 4.78 is 5.49. The Morgan fingerprint density at radius 3 is 2.52 bits per heavy atom. The number of nitrogens with zero attached hydrogens (tertiary/aromatic N) is 1. The Morgan fingerprint density at radius 2 is 1.81 bits per heavy atom. The fraction of sp³-hybridized carbons (Fsp3) is 0.333. The van der Waals surface area contributed by atoms with Crippen LogP contribution >= 0.6 is 0 Å². The average molecular weight is 369 g/mol. The fourth-order valence-corrected chi connectivity index (χ4v) is 2.35. The number of carbonyl (C=O) groups is 2. The highest BCUT2D eigenvalue weighted by Gasteiger charge is 2.07. The van der Waals surface area contributed by atoms with Crippen LogP contribution in [0.5, 0.6) is 5.75 Å². The molecule has 0 bridgehead atoms. The summed E-state index contributed by atoms with van der Waals surface area (Å²) in [4.78, 5) is 25.2. The number of urea groups is 1. The predicted octanol–water partition coefficient (Wildman–Crippen LogP) is 3.60. The molecule has 0 heterocycles. The molecule has 0 unspecified atom stereocenters. The van der Waals surface area contributed by atoms with E-state index in [2.05, 4.69) is 24.5 Å². The van der Waals surface area contributed by atoms with Crippen molar-refractivity contribution < 1.29 is 14.3 Å². The molecule has 6 heteroatoms. The van der Waals surface area contributed by atoms with Crippen LogP contribution in [0.3, 0.4) is 0 Å². The van der Waals surface area contributed by atoms with Crippen molar-refractivity contribution in [3.05, 3.63) is 59.7 Å².